The zero-order chi connectivity index (χ0) is 15.3. The SMILES string of the molecule is CCNC1CCCCCCCCCCC1SCC(C)CO. The van der Waals surface area contributed by atoms with E-state index >= 15 is 0 Å². The number of thioether (sulfide) groups is 1. The maximum atomic E-state index is 9.26. The van der Waals surface area contributed by atoms with Crippen LogP contribution >= 0.6 is 11.8 Å². The molecule has 2 N–H and O–H groups in total. The molecule has 3 heteroatoms. The predicted octanol–water partition coefficient (Wildman–Crippen LogP) is 4.61. The Morgan fingerprint density at radius 1 is 1.00 bits per heavy atom. The second kappa shape index (κ2) is 12.8. The summed E-state index contributed by atoms with van der Waals surface area (Å²) in [7, 11) is 0. The van der Waals surface area contributed by atoms with Crippen LogP contribution in [0.1, 0.15) is 78.1 Å². The first kappa shape index (κ1) is 19.3. The molecule has 0 aromatic carbocycles. The van der Waals surface area contributed by atoms with Crippen LogP contribution in [0.2, 0.25) is 0 Å². The molecule has 1 aliphatic rings. The fourth-order valence-corrected chi connectivity index (χ4v) is 4.67. The van der Waals surface area contributed by atoms with Crippen molar-refractivity contribution in [3.8, 4) is 0 Å². The van der Waals surface area contributed by atoms with Crippen molar-refractivity contribution in [2.75, 3.05) is 18.9 Å². The van der Waals surface area contributed by atoms with Crippen LogP contribution in [0.5, 0.6) is 0 Å². The fraction of sp³-hybridized carbons (Fsp3) is 1.00. The molecule has 1 fully saturated rings. The van der Waals surface area contributed by atoms with E-state index in [1.807, 2.05) is 0 Å². The van der Waals surface area contributed by atoms with Crippen LogP contribution in [-0.2, 0) is 0 Å². The normalized spacial score (nSPS) is 27.6. The molecule has 0 aliphatic heterocycles. The molecule has 0 aromatic rings. The number of aliphatic hydroxyl groups is 1. The van der Waals surface area contributed by atoms with E-state index in [0.29, 0.717) is 18.6 Å². The molecule has 3 unspecified atom stereocenters. The summed E-state index contributed by atoms with van der Waals surface area (Å²) in [5.74, 6) is 1.53. The number of hydrogen-bond acceptors (Lipinski definition) is 3. The predicted molar refractivity (Wildman–Crippen MR) is 96.1 cm³/mol. The van der Waals surface area contributed by atoms with Crippen molar-refractivity contribution < 1.29 is 5.11 Å². The molecule has 0 saturated heterocycles. The van der Waals surface area contributed by atoms with Crippen molar-refractivity contribution in [1.29, 1.82) is 0 Å². The van der Waals surface area contributed by atoms with Crippen LogP contribution in [-0.4, -0.2) is 35.3 Å². The van der Waals surface area contributed by atoms with Gasteiger partial charge in [-0.15, -0.1) is 0 Å². The van der Waals surface area contributed by atoms with E-state index < -0.39 is 0 Å². The summed E-state index contributed by atoms with van der Waals surface area (Å²) in [4.78, 5) is 0. The summed E-state index contributed by atoms with van der Waals surface area (Å²) >= 11 is 2.11. The minimum atomic E-state index is 0.325. The van der Waals surface area contributed by atoms with Gasteiger partial charge >= 0.3 is 0 Å². The largest absolute Gasteiger partial charge is 0.396 e. The lowest BCUT2D eigenvalue weighted by molar-refractivity contribution is 0.250. The molecule has 3 atom stereocenters. The summed E-state index contributed by atoms with van der Waals surface area (Å²) in [5.41, 5.74) is 0. The van der Waals surface area contributed by atoms with Gasteiger partial charge in [0.05, 0.1) is 0 Å². The number of rotatable bonds is 6. The monoisotopic (exact) mass is 315 g/mol. The Bertz CT molecular complexity index is 237. The number of aliphatic hydroxyl groups excluding tert-OH is 1. The molecule has 0 heterocycles. The topological polar surface area (TPSA) is 32.3 Å². The third-order valence-electron chi connectivity index (χ3n) is 4.58. The van der Waals surface area contributed by atoms with Gasteiger partial charge in [0.2, 0.25) is 0 Å². The lowest BCUT2D eigenvalue weighted by Crippen LogP contribution is -2.38. The minimum absolute atomic E-state index is 0.325. The molecule has 0 radical (unpaired) electrons. The van der Waals surface area contributed by atoms with Gasteiger partial charge in [-0.1, -0.05) is 65.2 Å². The first-order valence-electron chi connectivity index (χ1n) is 9.23. The highest BCUT2D eigenvalue weighted by molar-refractivity contribution is 7.99. The van der Waals surface area contributed by atoms with Gasteiger partial charge in [-0.2, -0.15) is 11.8 Å². The Kier molecular flexibility index (Phi) is 11.8. The van der Waals surface area contributed by atoms with Gasteiger partial charge in [0.25, 0.3) is 0 Å². The number of hydrogen-bond donors (Lipinski definition) is 2. The van der Waals surface area contributed by atoms with E-state index in [0.717, 1.165) is 17.5 Å². The van der Waals surface area contributed by atoms with Gasteiger partial charge in [-0.3, -0.25) is 0 Å². The van der Waals surface area contributed by atoms with Crippen LogP contribution in [0, 0.1) is 5.92 Å². The van der Waals surface area contributed by atoms with Crippen LogP contribution < -0.4 is 5.32 Å². The minimum Gasteiger partial charge on any atom is -0.396 e. The first-order chi connectivity index (χ1) is 10.3. The molecule has 1 rings (SSSR count). The Balaban J connectivity index is 2.52. The lowest BCUT2D eigenvalue weighted by Gasteiger charge is -2.29. The molecule has 126 valence electrons. The van der Waals surface area contributed by atoms with E-state index in [-0.39, 0.29) is 0 Å². The molecule has 1 aliphatic carbocycles. The van der Waals surface area contributed by atoms with Crippen molar-refractivity contribution in [3.63, 3.8) is 0 Å². The second-order valence-electron chi connectivity index (χ2n) is 6.73. The van der Waals surface area contributed by atoms with Gasteiger partial charge in [-0.05, 0) is 31.1 Å². The van der Waals surface area contributed by atoms with Crippen molar-refractivity contribution >= 4 is 11.8 Å². The van der Waals surface area contributed by atoms with Crippen molar-refractivity contribution in [1.82, 2.24) is 5.32 Å². The highest BCUT2D eigenvalue weighted by Crippen LogP contribution is 2.27. The zero-order valence-corrected chi connectivity index (χ0v) is 15.1. The van der Waals surface area contributed by atoms with Gasteiger partial charge < -0.3 is 10.4 Å². The Hall–Kier alpha value is 0.270. The maximum absolute atomic E-state index is 9.26. The van der Waals surface area contributed by atoms with Gasteiger partial charge in [-0.25, -0.2) is 0 Å². The third-order valence-corrected chi connectivity index (χ3v) is 6.33. The Labute approximate surface area is 136 Å². The van der Waals surface area contributed by atoms with Crippen molar-refractivity contribution in [2.45, 2.75) is 89.3 Å². The second-order valence-corrected chi connectivity index (χ2v) is 8.00. The van der Waals surface area contributed by atoms with Crippen LogP contribution in [0.25, 0.3) is 0 Å². The van der Waals surface area contributed by atoms with Gasteiger partial charge in [0.1, 0.15) is 0 Å². The number of nitrogens with one attached hydrogen (secondary N) is 1. The molecular formula is C18H37NOS. The van der Waals surface area contributed by atoms with Crippen molar-refractivity contribution in [2.24, 2.45) is 5.92 Å². The van der Waals surface area contributed by atoms with Crippen LogP contribution in [0.15, 0.2) is 0 Å². The average Bonchev–Trinajstić information content (AvgIpc) is 2.49. The summed E-state index contributed by atoms with van der Waals surface area (Å²) in [6.07, 6.45) is 14.0. The summed E-state index contributed by atoms with van der Waals surface area (Å²) < 4.78 is 0. The summed E-state index contributed by atoms with van der Waals surface area (Å²) in [6.45, 7) is 5.79. The molecule has 0 aromatic heterocycles. The third kappa shape index (κ3) is 9.10. The Morgan fingerprint density at radius 2 is 1.57 bits per heavy atom. The molecule has 1 saturated carbocycles. The van der Waals surface area contributed by atoms with Crippen LogP contribution in [0.4, 0.5) is 0 Å². The molecule has 0 spiro atoms. The highest BCUT2D eigenvalue weighted by Gasteiger charge is 2.21. The van der Waals surface area contributed by atoms with Gasteiger partial charge in [0, 0.05) is 17.9 Å². The lowest BCUT2D eigenvalue weighted by atomic mass is 9.97. The van der Waals surface area contributed by atoms with Gasteiger partial charge in [0.15, 0.2) is 0 Å². The quantitative estimate of drug-likeness (QED) is 0.751. The molecular weight excluding hydrogens is 278 g/mol. The molecule has 2 nitrogen and oxygen atoms in total. The smallest absolute Gasteiger partial charge is 0.0464 e. The maximum Gasteiger partial charge on any atom is 0.0464 e. The average molecular weight is 316 g/mol. The van der Waals surface area contributed by atoms with Crippen LogP contribution in [0.3, 0.4) is 0 Å². The van der Waals surface area contributed by atoms with E-state index in [4.69, 9.17) is 0 Å². The van der Waals surface area contributed by atoms with E-state index in [2.05, 4.69) is 30.9 Å². The summed E-state index contributed by atoms with van der Waals surface area (Å²) in [5, 5.41) is 13.7. The standard InChI is InChI=1S/C18H37NOS/c1-3-19-17-12-10-8-6-4-5-7-9-11-13-18(17)21-15-16(2)14-20/h16-20H,3-15H2,1-2H3. The summed E-state index contributed by atoms with van der Waals surface area (Å²) in [6, 6.07) is 0.672. The molecule has 0 bridgehead atoms. The van der Waals surface area contributed by atoms with E-state index in [1.165, 1.54) is 64.2 Å². The Morgan fingerprint density at radius 3 is 2.14 bits per heavy atom. The van der Waals surface area contributed by atoms with Crippen molar-refractivity contribution in [3.05, 3.63) is 0 Å². The van der Waals surface area contributed by atoms with E-state index in [9.17, 15) is 5.11 Å². The molecule has 0 amide bonds. The molecule has 21 heavy (non-hydrogen) atoms. The highest BCUT2D eigenvalue weighted by atomic mass is 32.2. The first-order valence-corrected chi connectivity index (χ1v) is 10.3. The fourth-order valence-electron chi connectivity index (χ4n) is 3.19. The van der Waals surface area contributed by atoms with E-state index in [1.54, 1.807) is 0 Å². The zero-order valence-electron chi connectivity index (χ0n) is 14.3.